The number of methoxy groups -OCH3 is 2. The van der Waals surface area contributed by atoms with Crippen molar-refractivity contribution in [1.29, 1.82) is 0 Å². The molecule has 4 atom stereocenters. The van der Waals surface area contributed by atoms with Crippen molar-refractivity contribution in [3.63, 3.8) is 0 Å². The van der Waals surface area contributed by atoms with Crippen LogP contribution in [0.3, 0.4) is 0 Å². The SMILES string of the molecule is COc1cc(C2OC[C@]3(O)C(c4ccc(O)c(OC)c4)OC[C@@H]23)ccc1O. The molecule has 0 aliphatic carbocycles. The van der Waals surface area contributed by atoms with E-state index in [-0.39, 0.29) is 30.1 Å². The average molecular weight is 374 g/mol. The zero-order chi connectivity index (χ0) is 19.2. The van der Waals surface area contributed by atoms with Crippen molar-refractivity contribution < 1.29 is 34.3 Å². The van der Waals surface area contributed by atoms with Gasteiger partial charge in [0, 0.05) is 5.92 Å². The van der Waals surface area contributed by atoms with E-state index in [2.05, 4.69) is 0 Å². The number of hydrogen-bond donors (Lipinski definition) is 3. The fourth-order valence-corrected chi connectivity index (χ4v) is 4.00. The predicted molar refractivity (Wildman–Crippen MR) is 95.1 cm³/mol. The van der Waals surface area contributed by atoms with E-state index in [1.165, 1.54) is 20.3 Å². The molecule has 27 heavy (non-hydrogen) atoms. The van der Waals surface area contributed by atoms with Crippen LogP contribution in [0.25, 0.3) is 0 Å². The maximum Gasteiger partial charge on any atom is 0.160 e. The van der Waals surface area contributed by atoms with E-state index in [9.17, 15) is 15.3 Å². The van der Waals surface area contributed by atoms with E-state index in [1.54, 1.807) is 30.3 Å². The van der Waals surface area contributed by atoms with Crippen LogP contribution in [0.5, 0.6) is 23.0 Å². The Bertz CT molecular complexity index is 852. The van der Waals surface area contributed by atoms with Crippen LogP contribution in [-0.2, 0) is 9.47 Å². The highest BCUT2D eigenvalue weighted by molar-refractivity contribution is 5.45. The van der Waals surface area contributed by atoms with Crippen molar-refractivity contribution in [3.05, 3.63) is 47.5 Å². The molecule has 2 unspecified atom stereocenters. The molecule has 2 aliphatic heterocycles. The zero-order valence-electron chi connectivity index (χ0n) is 15.1. The van der Waals surface area contributed by atoms with Gasteiger partial charge in [-0.05, 0) is 35.4 Å². The molecule has 7 nitrogen and oxygen atoms in total. The molecule has 2 aromatic rings. The Morgan fingerprint density at radius 1 is 0.926 bits per heavy atom. The van der Waals surface area contributed by atoms with Crippen molar-refractivity contribution in [2.75, 3.05) is 27.4 Å². The standard InChI is InChI=1S/C20H22O7/c1-24-16-7-11(3-5-14(16)21)18-13-9-26-19(20(13,23)10-27-18)12-4-6-15(22)17(8-12)25-2/h3-8,13,18-19,21-23H,9-10H2,1-2H3/t13-,18?,19?,20+/m0/s1. The molecule has 144 valence electrons. The molecular weight excluding hydrogens is 352 g/mol. The normalized spacial score (nSPS) is 29.5. The van der Waals surface area contributed by atoms with Crippen LogP contribution in [0.15, 0.2) is 36.4 Å². The summed E-state index contributed by atoms with van der Waals surface area (Å²) in [6.45, 7) is 0.428. The highest BCUT2D eigenvalue weighted by Gasteiger charge is 2.59. The summed E-state index contributed by atoms with van der Waals surface area (Å²) in [5.74, 6) is 0.467. The van der Waals surface area contributed by atoms with Gasteiger partial charge in [-0.1, -0.05) is 12.1 Å². The van der Waals surface area contributed by atoms with E-state index in [4.69, 9.17) is 18.9 Å². The Labute approximate surface area is 156 Å². The van der Waals surface area contributed by atoms with Crippen molar-refractivity contribution >= 4 is 0 Å². The van der Waals surface area contributed by atoms with E-state index < -0.39 is 11.7 Å². The van der Waals surface area contributed by atoms with Crippen LogP contribution in [0.1, 0.15) is 23.3 Å². The summed E-state index contributed by atoms with van der Waals surface area (Å²) in [4.78, 5) is 0. The van der Waals surface area contributed by atoms with Crippen LogP contribution < -0.4 is 9.47 Å². The van der Waals surface area contributed by atoms with Gasteiger partial charge >= 0.3 is 0 Å². The van der Waals surface area contributed by atoms with Crippen molar-refractivity contribution in [3.8, 4) is 23.0 Å². The first-order valence-corrected chi connectivity index (χ1v) is 8.67. The number of aromatic hydroxyl groups is 2. The molecule has 0 amide bonds. The molecule has 0 radical (unpaired) electrons. The number of phenols is 2. The number of aliphatic hydroxyl groups is 1. The Balaban J connectivity index is 1.64. The van der Waals surface area contributed by atoms with Gasteiger partial charge in [-0.25, -0.2) is 0 Å². The first kappa shape index (κ1) is 17.9. The summed E-state index contributed by atoms with van der Waals surface area (Å²) in [5, 5.41) is 31.0. The van der Waals surface area contributed by atoms with Gasteiger partial charge in [0.15, 0.2) is 23.0 Å². The van der Waals surface area contributed by atoms with Gasteiger partial charge in [-0.3, -0.25) is 0 Å². The minimum atomic E-state index is -1.21. The number of rotatable bonds is 4. The lowest BCUT2D eigenvalue weighted by Crippen LogP contribution is -2.39. The summed E-state index contributed by atoms with van der Waals surface area (Å²) in [5.41, 5.74) is 0.304. The summed E-state index contributed by atoms with van der Waals surface area (Å²) in [6.07, 6.45) is -0.977. The quantitative estimate of drug-likeness (QED) is 0.755. The van der Waals surface area contributed by atoms with Crippen LogP contribution in [-0.4, -0.2) is 48.4 Å². The van der Waals surface area contributed by atoms with Crippen molar-refractivity contribution in [1.82, 2.24) is 0 Å². The molecule has 2 aliphatic rings. The maximum atomic E-state index is 11.4. The number of ether oxygens (including phenoxy) is 4. The Hall–Kier alpha value is -2.48. The second-order valence-corrected chi connectivity index (χ2v) is 6.91. The summed E-state index contributed by atoms with van der Waals surface area (Å²) in [6, 6.07) is 9.91. The molecule has 2 heterocycles. The average Bonchev–Trinajstić information content (AvgIpc) is 3.17. The van der Waals surface area contributed by atoms with Crippen molar-refractivity contribution in [2.24, 2.45) is 5.92 Å². The second kappa shape index (κ2) is 6.60. The minimum Gasteiger partial charge on any atom is -0.504 e. The molecular formula is C20H22O7. The van der Waals surface area contributed by atoms with Crippen LogP contribution >= 0.6 is 0 Å². The fraction of sp³-hybridized carbons (Fsp3) is 0.400. The third-order valence-electron chi connectivity index (χ3n) is 5.44. The highest BCUT2D eigenvalue weighted by Crippen LogP contribution is 2.54. The first-order valence-electron chi connectivity index (χ1n) is 8.67. The highest BCUT2D eigenvalue weighted by atomic mass is 16.6. The molecule has 3 N–H and O–H groups in total. The Morgan fingerprint density at radius 2 is 1.52 bits per heavy atom. The van der Waals surface area contributed by atoms with Gasteiger partial charge in [0.2, 0.25) is 0 Å². The zero-order valence-corrected chi connectivity index (χ0v) is 15.1. The topological polar surface area (TPSA) is 97.6 Å². The Kier molecular flexibility index (Phi) is 4.38. The third-order valence-corrected chi connectivity index (χ3v) is 5.44. The molecule has 2 aromatic carbocycles. The van der Waals surface area contributed by atoms with E-state index >= 15 is 0 Å². The number of hydrogen-bond acceptors (Lipinski definition) is 7. The van der Waals surface area contributed by atoms with Crippen molar-refractivity contribution in [2.45, 2.75) is 17.8 Å². The molecule has 0 saturated carbocycles. The van der Waals surface area contributed by atoms with Gasteiger partial charge in [0.1, 0.15) is 11.7 Å². The second-order valence-electron chi connectivity index (χ2n) is 6.91. The van der Waals surface area contributed by atoms with Gasteiger partial charge in [-0.2, -0.15) is 0 Å². The minimum absolute atomic E-state index is 0.0273. The molecule has 0 spiro atoms. The van der Waals surface area contributed by atoms with Crippen LogP contribution in [0.4, 0.5) is 0 Å². The maximum absolute atomic E-state index is 11.4. The van der Waals surface area contributed by atoms with Gasteiger partial charge in [-0.15, -0.1) is 0 Å². The lowest BCUT2D eigenvalue weighted by Gasteiger charge is -2.27. The molecule has 4 rings (SSSR count). The monoisotopic (exact) mass is 374 g/mol. The molecule has 0 aromatic heterocycles. The van der Waals surface area contributed by atoms with Gasteiger partial charge < -0.3 is 34.3 Å². The van der Waals surface area contributed by atoms with Gasteiger partial charge in [0.25, 0.3) is 0 Å². The largest absolute Gasteiger partial charge is 0.504 e. The van der Waals surface area contributed by atoms with Crippen LogP contribution in [0.2, 0.25) is 0 Å². The third kappa shape index (κ3) is 2.79. The fourth-order valence-electron chi connectivity index (χ4n) is 4.00. The lowest BCUT2D eigenvalue weighted by atomic mass is 9.81. The predicted octanol–water partition coefficient (Wildman–Crippen LogP) is 2.31. The number of benzene rings is 2. The summed E-state index contributed by atoms with van der Waals surface area (Å²) >= 11 is 0. The van der Waals surface area contributed by atoms with E-state index in [0.717, 1.165) is 5.56 Å². The van der Waals surface area contributed by atoms with Gasteiger partial charge in [0.05, 0.1) is 33.5 Å². The summed E-state index contributed by atoms with van der Waals surface area (Å²) < 4.78 is 22.2. The van der Waals surface area contributed by atoms with E-state index in [1.807, 2.05) is 0 Å². The molecule has 2 fully saturated rings. The molecule has 2 saturated heterocycles. The molecule has 0 bridgehead atoms. The first-order chi connectivity index (χ1) is 13.0. The smallest absolute Gasteiger partial charge is 0.160 e. The van der Waals surface area contributed by atoms with Crippen LogP contribution in [0, 0.1) is 5.92 Å². The Morgan fingerprint density at radius 3 is 2.15 bits per heavy atom. The molecule has 7 heteroatoms. The summed E-state index contributed by atoms with van der Waals surface area (Å²) in [7, 11) is 2.95. The van der Waals surface area contributed by atoms with E-state index in [0.29, 0.717) is 23.7 Å². The number of fused-ring (bicyclic) bond motifs is 1. The number of phenolic OH excluding ortho intramolecular Hbond substituents is 2. The lowest BCUT2D eigenvalue weighted by molar-refractivity contribution is -0.0628.